The highest BCUT2D eigenvalue weighted by Gasteiger charge is 2.14. The summed E-state index contributed by atoms with van der Waals surface area (Å²) in [5.74, 6) is 0.946. The zero-order chi connectivity index (χ0) is 17.5. The summed E-state index contributed by atoms with van der Waals surface area (Å²) in [5, 5.41) is 6.85. The van der Waals surface area contributed by atoms with E-state index in [4.69, 9.17) is 4.52 Å². The maximum atomic E-state index is 12.1. The predicted molar refractivity (Wildman–Crippen MR) is 97.3 cm³/mol. The normalized spacial score (nSPS) is 10.8. The second kappa shape index (κ2) is 8.29. The van der Waals surface area contributed by atoms with Crippen LogP contribution in [0.2, 0.25) is 0 Å². The molecule has 4 heteroatoms. The van der Waals surface area contributed by atoms with Crippen molar-refractivity contribution in [1.82, 2.24) is 10.5 Å². The quantitative estimate of drug-likeness (QED) is 0.714. The first kappa shape index (κ1) is 17.0. The molecule has 0 saturated carbocycles. The van der Waals surface area contributed by atoms with Crippen LogP contribution in [-0.2, 0) is 11.2 Å². The Hall–Kier alpha value is -2.88. The lowest BCUT2D eigenvalue weighted by Crippen LogP contribution is -2.27. The van der Waals surface area contributed by atoms with E-state index in [-0.39, 0.29) is 18.2 Å². The van der Waals surface area contributed by atoms with Gasteiger partial charge in [-0.3, -0.25) is 4.79 Å². The first-order valence-electron chi connectivity index (χ1n) is 8.51. The summed E-state index contributed by atoms with van der Waals surface area (Å²) in [4.78, 5) is 12.1. The molecule has 3 aromatic rings. The number of nitrogens with zero attached hydrogens (tertiary/aromatic N) is 1. The van der Waals surface area contributed by atoms with Gasteiger partial charge in [0.25, 0.3) is 0 Å². The molecule has 0 spiro atoms. The van der Waals surface area contributed by atoms with Crippen LogP contribution in [0.1, 0.15) is 34.9 Å². The van der Waals surface area contributed by atoms with Crippen molar-refractivity contribution < 1.29 is 9.32 Å². The van der Waals surface area contributed by atoms with Gasteiger partial charge in [-0.05, 0) is 24.5 Å². The molecule has 3 rings (SSSR count). The topological polar surface area (TPSA) is 55.1 Å². The third kappa shape index (κ3) is 4.80. The molecule has 0 fully saturated rings. The van der Waals surface area contributed by atoms with E-state index in [1.54, 1.807) is 6.07 Å². The molecule has 0 aliphatic heterocycles. The zero-order valence-electron chi connectivity index (χ0n) is 14.3. The van der Waals surface area contributed by atoms with Gasteiger partial charge in [0.2, 0.25) is 5.91 Å². The van der Waals surface area contributed by atoms with Crippen LogP contribution >= 0.6 is 0 Å². The van der Waals surface area contributed by atoms with Crippen molar-refractivity contribution in [3.05, 3.63) is 89.3 Å². The number of carbonyl (C=O) groups is 1. The van der Waals surface area contributed by atoms with Gasteiger partial charge in [-0.1, -0.05) is 65.8 Å². The fourth-order valence-electron chi connectivity index (χ4n) is 2.98. The lowest BCUT2D eigenvalue weighted by molar-refractivity contribution is -0.120. The molecule has 4 nitrogen and oxygen atoms in total. The Kier molecular flexibility index (Phi) is 5.62. The smallest absolute Gasteiger partial charge is 0.226 e. The minimum absolute atomic E-state index is 0.0341. The average Bonchev–Trinajstić information content (AvgIpc) is 3.05. The van der Waals surface area contributed by atoms with Crippen molar-refractivity contribution in [3.63, 3.8) is 0 Å². The Morgan fingerprint density at radius 3 is 2.16 bits per heavy atom. The minimum Gasteiger partial charge on any atom is -0.361 e. The second-order valence-electron chi connectivity index (χ2n) is 6.12. The van der Waals surface area contributed by atoms with Crippen LogP contribution in [0.5, 0.6) is 0 Å². The van der Waals surface area contributed by atoms with Crippen LogP contribution in [0, 0.1) is 6.92 Å². The standard InChI is InChI=1S/C21H22N2O2/c1-16-14-19(23-25-16)15-21(24)22-13-12-20(17-8-4-2-5-9-17)18-10-6-3-7-11-18/h2-11,14,20H,12-13,15H2,1H3,(H,22,24). The fourth-order valence-corrected chi connectivity index (χ4v) is 2.98. The highest BCUT2D eigenvalue weighted by molar-refractivity contribution is 5.78. The summed E-state index contributed by atoms with van der Waals surface area (Å²) in [6, 6.07) is 22.6. The minimum atomic E-state index is -0.0341. The summed E-state index contributed by atoms with van der Waals surface area (Å²) >= 11 is 0. The number of aryl methyl sites for hydroxylation is 1. The molecule has 128 valence electrons. The third-order valence-corrected chi connectivity index (χ3v) is 4.18. The second-order valence-corrected chi connectivity index (χ2v) is 6.12. The Morgan fingerprint density at radius 1 is 1.04 bits per heavy atom. The van der Waals surface area contributed by atoms with Crippen LogP contribution in [-0.4, -0.2) is 17.6 Å². The first-order chi connectivity index (χ1) is 12.2. The largest absolute Gasteiger partial charge is 0.361 e. The molecule has 0 unspecified atom stereocenters. The lowest BCUT2D eigenvalue weighted by atomic mass is 9.88. The van der Waals surface area contributed by atoms with Gasteiger partial charge >= 0.3 is 0 Å². The van der Waals surface area contributed by atoms with Gasteiger partial charge < -0.3 is 9.84 Å². The molecule has 1 N–H and O–H groups in total. The molecular weight excluding hydrogens is 312 g/mol. The number of rotatable bonds is 7. The molecular formula is C21H22N2O2. The summed E-state index contributed by atoms with van der Waals surface area (Å²) < 4.78 is 4.99. The van der Waals surface area contributed by atoms with E-state index in [0.29, 0.717) is 12.2 Å². The molecule has 0 aliphatic rings. The van der Waals surface area contributed by atoms with Crippen molar-refractivity contribution in [2.24, 2.45) is 0 Å². The van der Waals surface area contributed by atoms with E-state index in [0.717, 1.165) is 12.2 Å². The van der Waals surface area contributed by atoms with E-state index in [9.17, 15) is 4.79 Å². The Morgan fingerprint density at radius 2 is 1.64 bits per heavy atom. The highest BCUT2D eigenvalue weighted by atomic mass is 16.5. The predicted octanol–water partition coefficient (Wildman–Crippen LogP) is 3.86. The maximum Gasteiger partial charge on any atom is 0.226 e. The van der Waals surface area contributed by atoms with E-state index < -0.39 is 0 Å². The number of nitrogens with one attached hydrogen (secondary N) is 1. The molecule has 0 radical (unpaired) electrons. The van der Waals surface area contributed by atoms with Crippen LogP contribution in [0.15, 0.2) is 71.3 Å². The molecule has 0 bridgehead atoms. The van der Waals surface area contributed by atoms with Crippen molar-refractivity contribution in [2.45, 2.75) is 25.7 Å². The van der Waals surface area contributed by atoms with Gasteiger partial charge in [-0.25, -0.2) is 0 Å². The molecule has 0 saturated heterocycles. The van der Waals surface area contributed by atoms with Gasteiger partial charge in [0.15, 0.2) is 0 Å². The number of hydrogen-bond donors (Lipinski definition) is 1. The summed E-state index contributed by atoms with van der Waals surface area (Å²) in [6.45, 7) is 2.43. The maximum absolute atomic E-state index is 12.1. The lowest BCUT2D eigenvalue weighted by Gasteiger charge is -2.18. The van der Waals surface area contributed by atoms with Crippen molar-refractivity contribution >= 4 is 5.91 Å². The Balaban J connectivity index is 1.60. The van der Waals surface area contributed by atoms with Crippen LogP contribution < -0.4 is 5.32 Å². The molecule has 25 heavy (non-hydrogen) atoms. The molecule has 0 atom stereocenters. The third-order valence-electron chi connectivity index (χ3n) is 4.18. The van der Waals surface area contributed by atoms with Gasteiger partial charge in [-0.15, -0.1) is 0 Å². The number of aromatic nitrogens is 1. The van der Waals surface area contributed by atoms with E-state index in [2.05, 4.69) is 59.0 Å². The molecule has 1 aromatic heterocycles. The number of benzene rings is 2. The Labute approximate surface area is 147 Å². The van der Waals surface area contributed by atoms with Crippen molar-refractivity contribution in [1.29, 1.82) is 0 Å². The summed E-state index contributed by atoms with van der Waals surface area (Å²) in [6.07, 6.45) is 1.09. The highest BCUT2D eigenvalue weighted by Crippen LogP contribution is 2.27. The summed E-state index contributed by atoms with van der Waals surface area (Å²) in [5.41, 5.74) is 3.18. The Bertz CT molecular complexity index is 758. The van der Waals surface area contributed by atoms with Crippen LogP contribution in [0.3, 0.4) is 0 Å². The van der Waals surface area contributed by atoms with Gasteiger partial charge in [0.1, 0.15) is 5.76 Å². The number of carbonyl (C=O) groups excluding carboxylic acids is 1. The van der Waals surface area contributed by atoms with Gasteiger partial charge in [0, 0.05) is 18.5 Å². The SMILES string of the molecule is Cc1cc(CC(=O)NCCC(c2ccccc2)c2ccccc2)no1. The van der Waals surface area contributed by atoms with Crippen LogP contribution in [0.4, 0.5) is 0 Å². The monoisotopic (exact) mass is 334 g/mol. The summed E-state index contributed by atoms with van der Waals surface area (Å²) in [7, 11) is 0. The van der Waals surface area contributed by atoms with E-state index in [1.807, 2.05) is 19.1 Å². The van der Waals surface area contributed by atoms with E-state index in [1.165, 1.54) is 11.1 Å². The van der Waals surface area contributed by atoms with E-state index >= 15 is 0 Å². The van der Waals surface area contributed by atoms with Gasteiger partial charge in [0.05, 0.1) is 12.1 Å². The molecule has 1 amide bonds. The molecule has 2 aromatic carbocycles. The zero-order valence-corrected chi connectivity index (χ0v) is 14.3. The molecule has 0 aliphatic carbocycles. The number of amides is 1. The number of hydrogen-bond acceptors (Lipinski definition) is 3. The molecule has 1 heterocycles. The van der Waals surface area contributed by atoms with Crippen molar-refractivity contribution in [3.8, 4) is 0 Å². The van der Waals surface area contributed by atoms with Gasteiger partial charge in [-0.2, -0.15) is 0 Å². The van der Waals surface area contributed by atoms with Crippen molar-refractivity contribution in [2.75, 3.05) is 6.54 Å². The first-order valence-corrected chi connectivity index (χ1v) is 8.51. The van der Waals surface area contributed by atoms with Crippen LogP contribution in [0.25, 0.3) is 0 Å². The fraction of sp³-hybridized carbons (Fsp3) is 0.238. The average molecular weight is 334 g/mol.